The zero-order valence-corrected chi connectivity index (χ0v) is 12.3. The maximum atomic E-state index is 5.88. The second kappa shape index (κ2) is 7.01. The van der Waals surface area contributed by atoms with Crippen molar-refractivity contribution in [2.75, 3.05) is 6.54 Å². The van der Waals surface area contributed by atoms with Crippen LogP contribution in [-0.4, -0.2) is 16.5 Å². The number of nitrogens with zero attached hydrogens (tertiary/aromatic N) is 2. The Labute approximate surface area is 120 Å². The van der Waals surface area contributed by atoms with Crippen LogP contribution in [0.4, 0.5) is 0 Å². The van der Waals surface area contributed by atoms with Gasteiger partial charge < -0.3 is 10.1 Å². The van der Waals surface area contributed by atoms with Gasteiger partial charge >= 0.3 is 0 Å². The third kappa shape index (κ3) is 4.03. The van der Waals surface area contributed by atoms with E-state index in [0.29, 0.717) is 11.8 Å². The predicted molar refractivity (Wildman–Crippen MR) is 79.8 cm³/mol. The van der Waals surface area contributed by atoms with Crippen LogP contribution < -0.4 is 10.1 Å². The van der Waals surface area contributed by atoms with Crippen molar-refractivity contribution < 1.29 is 4.74 Å². The first kappa shape index (κ1) is 14.5. The number of ether oxygens (including phenoxy) is 1. The highest BCUT2D eigenvalue weighted by atomic mass is 16.5. The fourth-order valence-electron chi connectivity index (χ4n) is 1.83. The summed E-state index contributed by atoms with van der Waals surface area (Å²) in [4.78, 5) is 8.54. The summed E-state index contributed by atoms with van der Waals surface area (Å²) in [5, 5.41) is 3.41. The summed E-state index contributed by atoms with van der Waals surface area (Å²) in [5.74, 6) is 2.01. The van der Waals surface area contributed by atoms with Gasteiger partial charge in [-0.2, -0.15) is 0 Å². The quantitative estimate of drug-likeness (QED) is 0.875. The lowest BCUT2D eigenvalue weighted by atomic mass is 10.2. The largest absolute Gasteiger partial charge is 0.437 e. The molecule has 0 aliphatic rings. The molecule has 2 heterocycles. The Kier molecular flexibility index (Phi) is 5.07. The maximum absolute atomic E-state index is 5.88. The average molecular weight is 271 g/mol. The van der Waals surface area contributed by atoms with Gasteiger partial charge in [0.1, 0.15) is 0 Å². The van der Waals surface area contributed by atoms with Crippen molar-refractivity contribution in [1.82, 2.24) is 15.3 Å². The van der Waals surface area contributed by atoms with Crippen LogP contribution in [0, 0.1) is 12.8 Å². The lowest BCUT2D eigenvalue weighted by Gasteiger charge is -2.12. The molecule has 0 aromatic carbocycles. The van der Waals surface area contributed by atoms with Gasteiger partial charge in [0.25, 0.3) is 0 Å². The number of hydrogen-bond donors (Lipinski definition) is 1. The molecule has 20 heavy (non-hydrogen) atoms. The molecule has 106 valence electrons. The molecule has 0 radical (unpaired) electrons. The molecule has 0 aliphatic heterocycles. The number of aryl methyl sites for hydroxylation is 1. The molecule has 0 bridgehead atoms. The van der Waals surface area contributed by atoms with E-state index in [1.165, 1.54) is 0 Å². The molecule has 0 unspecified atom stereocenters. The highest BCUT2D eigenvalue weighted by Gasteiger charge is 2.08. The molecule has 4 heteroatoms. The number of pyridine rings is 2. The zero-order chi connectivity index (χ0) is 14.4. The SMILES string of the molecule is Cc1ncccc1Oc1ncccc1CNCC(C)C. The Balaban J connectivity index is 2.10. The van der Waals surface area contributed by atoms with Gasteiger partial charge in [-0.1, -0.05) is 19.9 Å². The first-order valence-corrected chi connectivity index (χ1v) is 6.91. The Morgan fingerprint density at radius 2 is 1.90 bits per heavy atom. The van der Waals surface area contributed by atoms with Crippen LogP contribution in [0.25, 0.3) is 0 Å². The summed E-state index contributed by atoms with van der Waals surface area (Å²) >= 11 is 0. The van der Waals surface area contributed by atoms with E-state index in [0.717, 1.165) is 30.1 Å². The van der Waals surface area contributed by atoms with E-state index in [9.17, 15) is 0 Å². The molecule has 0 fully saturated rings. The molecule has 0 saturated heterocycles. The van der Waals surface area contributed by atoms with Crippen LogP contribution in [0.1, 0.15) is 25.1 Å². The lowest BCUT2D eigenvalue weighted by Crippen LogP contribution is -2.19. The van der Waals surface area contributed by atoms with E-state index in [1.807, 2.05) is 31.2 Å². The summed E-state index contributed by atoms with van der Waals surface area (Å²) in [6.45, 7) is 8.02. The fraction of sp³-hybridized carbons (Fsp3) is 0.375. The standard InChI is InChI=1S/C16H21N3O/c1-12(2)10-17-11-14-6-4-9-19-16(14)20-15-7-5-8-18-13(15)3/h4-9,12,17H,10-11H2,1-3H3. The van der Waals surface area contributed by atoms with Gasteiger partial charge in [-0.15, -0.1) is 0 Å². The first-order chi connectivity index (χ1) is 9.66. The third-order valence-corrected chi connectivity index (χ3v) is 2.88. The minimum Gasteiger partial charge on any atom is -0.437 e. The second-order valence-corrected chi connectivity index (χ2v) is 5.18. The van der Waals surface area contributed by atoms with E-state index in [2.05, 4.69) is 29.1 Å². The van der Waals surface area contributed by atoms with E-state index in [4.69, 9.17) is 4.74 Å². The van der Waals surface area contributed by atoms with E-state index < -0.39 is 0 Å². The van der Waals surface area contributed by atoms with Crippen molar-refractivity contribution in [3.8, 4) is 11.6 Å². The molecule has 0 atom stereocenters. The Morgan fingerprint density at radius 3 is 2.65 bits per heavy atom. The molecule has 2 aromatic heterocycles. The smallest absolute Gasteiger partial charge is 0.223 e. The van der Waals surface area contributed by atoms with Crippen molar-refractivity contribution in [3.05, 3.63) is 47.9 Å². The van der Waals surface area contributed by atoms with Gasteiger partial charge in [-0.05, 0) is 37.6 Å². The number of rotatable bonds is 6. The molecular formula is C16H21N3O. The topological polar surface area (TPSA) is 47.0 Å². The monoisotopic (exact) mass is 271 g/mol. The molecule has 4 nitrogen and oxygen atoms in total. The Hall–Kier alpha value is -1.94. The van der Waals surface area contributed by atoms with Crippen molar-refractivity contribution in [2.45, 2.75) is 27.3 Å². The zero-order valence-electron chi connectivity index (χ0n) is 12.3. The van der Waals surface area contributed by atoms with Gasteiger partial charge in [0.05, 0.1) is 5.69 Å². The van der Waals surface area contributed by atoms with Crippen molar-refractivity contribution in [2.24, 2.45) is 5.92 Å². The van der Waals surface area contributed by atoms with Gasteiger partial charge in [0.2, 0.25) is 5.88 Å². The molecule has 0 amide bonds. The van der Waals surface area contributed by atoms with Crippen molar-refractivity contribution >= 4 is 0 Å². The van der Waals surface area contributed by atoms with Crippen molar-refractivity contribution in [1.29, 1.82) is 0 Å². The summed E-state index contributed by atoms with van der Waals surface area (Å²) in [6, 6.07) is 7.72. The predicted octanol–water partition coefficient (Wildman–Crippen LogP) is 3.32. The molecule has 0 saturated carbocycles. The lowest BCUT2D eigenvalue weighted by molar-refractivity contribution is 0.444. The van der Waals surface area contributed by atoms with E-state index in [1.54, 1.807) is 12.4 Å². The van der Waals surface area contributed by atoms with Crippen LogP contribution in [0.15, 0.2) is 36.7 Å². The van der Waals surface area contributed by atoms with Crippen LogP contribution in [0.2, 0.25) is 0 Å². The molecule has 1 N–H and O–H groups in total. The number of hydrogen-bond acceptors (Lipinski definition) is 4. The van der Waals surface area contributed by atoms with Gasteiger partial charge in [-0.3, -0.25) is 4.98 Å². The van der Waals surface area contributed by atoms with Gasteiger partial charge in [-0.25, -0.2) is 4.98 Å². The molecule has 2 aromatic rings. The van der Waals surface area contributed by atoms with Crippen LogP contribution in [-0.2, 0) is 6.54 Å². The maximum Gasteiger partial charge on any atom is 0.223 e. The average Bonchev–Trinajstić information content (AvgIpc) is 2.43. The normalized spacial score (nSPS) is 10.8. The number of aromatic nitrogens is 2. The summed E-state index contributed by atoms with van der Waals surface area (Å²) in [5.41, 5.74) is 1.91. The molecule has 2 rings (SSSR count). The van der Waals surface area contributed by atoms with Crippen LogP contribution in [0.3, 0.4) is 0 Å². The first-order valence-electron chi connectivity index (χ1n) is 6.91. The summed E-state index contributed by atoms with van der Waals surface area (Å²) in [6.07, 6.45) is 3.50. The molecular weight excluding hydrogens is 250 g/mol. The highest BCUT2D eigenvalue weighted by molar-refractivity contribution is 5.34. The Bertz CT molecular complexity index is 555. The highest BCUT2D eigenvalue weighted by Crippen LogP contribution is 2.24. The molecule has 0 spiro atoms. The summed E-state index contributed by atoms with van der Waals surface area (Å²) < 4.78 is 5.88. The van der Waals surface area contributed by atoms with E-state index >= 15 is 0 Å². The third-order valence-electron chi connectivity index (χ3n) is 2.88. The van der Waals surface area contributed by atoms with Crippen LogP contribution >= 0.6 is 0 Å². The summed E-state index contributed by atoms with van der Waals surface area (Å²) in [7, 11) is 0. The number of nitrogens with one attached hydrogen (secondary N) is 1. The second-order valence-electron chi connectivity index (χ2n) is 5.18. The van der Waals surface area contributed by atoms with Crippen LogP contribution in [0.5, 0.6) is 11.6 Å². The minimum absolute atomic E-state index is 0.622. The minimum atomic E-state index is 0.622. The molecule has 0 aliphatic carbocycles. The fourth-order valence-corrected chi connectivity index (χ4v) is 1.83. The van der Waals surface area contributed by atoms with E-state index in [-0.39, 0.29) is 0 Å². The Morgan fingerprint density at radius 1 is 1.15 bits per heavy atom. The van der Waals surface area contributed by atoms with Gasteiger partial charge in [0, 0.05) is 24.5 Å². The van der Waals surface area contributed by atoms with Gasteiger partial charge in [0.15, 0.2) is 5.75 Å². The van der Waals surface area contributed by atoms with Crippen molar-refractivity contribution in [3.63, 3.8) is 0 Å².